The predicted octanol–water partition coefficient (Wildman–Crippen LogP) is 24.0. The number of unbranched alkanes of at least 4 members (excludes halogenated alkanes) is 3. The van der Waals surface area contributed by atoms with Gasteiger partial charge in [-0.15, -0.1) is 0 Å². The summed E-state index contributed by atoms with van der Waals surface area (Å²) in [6.45, 7) is 17.3. The lowest BCUT2D eigenvalue weighted by molar-refractivity contribution is 0.400. The maximum absolute atomic E-state index is 2.88. The number of para-hydroxylation sites is 6. The van der Waals surface area contributed by atoms with Gasteiger partial charge in [-0.25, -0.2) is 0 Å². The Morgan fingerprint density at radius 3 is 0.711 bits per heavy atom. The van der Waals surface area contributed by atoms with Crippen molar-refractivity contribution >= 4 is 131 Å². The summed E-state index contributed by atoms with van der Waals surface area (Å²) in [4.78, 5) is 0. The molecule has 450 valence electrons. The Labute approximate surface area is 528 Å². The molecule has 0 fully saturated rings. The summed E-state index contributed by atoms with van der Waals surface area (Å²) in [6, 6.07) is 77.0. The van der Waals surface area contributed by atoms with Crippen LogP contribution in [0.2, 0.25) is 0 Å². The van der Waals surface area contributed by atoms with Crippen molar-refractivity contribution in [3.8, 4) is 17.1 Å². The average molecular weight is 1180 g/mol. The molecule has 0 saturated carbocycles. The molecule has 0 aliphatic heterocycles. The molecule has 0 saturated heterocycles. The lowest BCUT2D eigenvalue weighted by Crippen LogP contribution is -2.12. The van der Waals surface area contributed by atoms with Crippen LogP contribution in [0.4, 0.5) is 0 Å². The molecule has 0 N–H and O–H groups in total. The number of nitrogens with zero attached hydrogens (tertiary/aromatic N) is 6. The molecule has 0 bridgehead atoms. The van der Waals surface area contributed by atoms with E-state index >= 15 is 0 Å². The van der Waals surface area contributed by atoms with Crippen molar-refractivity contribution in [1.82, 2.24) is 27.4 Å². The van der Waals surface area contributed by atoms with Crippen molar-refractivity contribution in [2.45, 2.75) is 138 Å². The highest BCUT2D eigenvalue weighted by Gasteiger charge is 2.31. The summed E-state index contributed by atoms with van der Waals surface area (Å²) in [5.41, 5.74) is 19.2. The standard InChI is InChI=1S/C84H84N6/c1-7-13-28-55(10-4)52-85-76-49-58(88-70-37-22-16-31-61(70)62-32-17-23-38-71(62)88)43-46-67(76)79-82(85)80-68-47-44-59(89-72-39-24-18-33-63(72)64-34-19-25-40-73(64)89)50-77(68)86(53-56(11-5)29-14-8-2)84(80)81-69-48-45-60(51-78(69)87(83(79)81)54-57(12-6)30-15-9-3)90-74-41-26-20-35-65(74)66-36-21-27-42-75(66)90/h16-27,31-51,55-57H,7-15,28-30,52-54H2,1-6H3. The number of hydrogen-bond acceptors (Lipinski definition) is 0. The zero-order chi connectivity index (χ0) is 60.7. The minimum absolute atomic E-state index is 0.498. The van der Waals surface area contributed by atoms with E-state index < -0.39 is 0 Å². The molecular formula is C84H84N6. The van der Waals surface area contributed by atoms with Crippen LogP contribution in [0.3, 0.4) is 0 Å². The third kappa shape index (κ3) is 8.78. The fourth-order valence-electron chi connectivity index (χ4n) is 16.6. The molecular weight excluding hydrogens is 1090 g/mol. The van der Waals surface area contributed by atoms with Crippen LogP contribution in [0.15, 0.2) is 200 Å². The molecule has 0 amide bonds. The zero-order valence-electron chi connectivity index (χ0n) is 53.6. The lowest BCUT2D eigenvalue weighted by atomic mass is 9.98. The summed E-state index contributed by atoms with van der Waals surface area (Å²) >= 11 is 0. The first kappa shape index (κ1) is 56.2. The van der Waals surface area contributed by atoms with Crippen LogP contribution in [0, 0.1) is 17.8 Å². The third-order valence-electron chi connectivity index (χ3n) is 21.3. The van der Waals surface area contributed by atoms with E-state index in [9.17, 15) is 0 Å². The van der Waals surface area contributed by atoms with Crippen LogP contribution in [0.25, 0.3) is 148 Å². The van der Waals surface area contributed by atoms with Crippen molar-refractivity contribution < 1.29 is 0 Å². The van der Waals surface area contributed by atoms with Gasteiger partial charge < -0.3 is 27.4 Å². The van der Waals surface area contributed by atoms with E-state index in [0.717, 1.165) is 38.9 Å². The van der Waals surface area contributed by atoms with Gasteiger partial charge in [0.25, 0.3) is 0 Å². The van der Waals surface area contributed by atoms with Gasteiger partial charge in [-0.3, -0.25) is 0 Å². The van der Waals surface area contributed by atoms with Gasteiger partial charge in [0.05, 0.1) is 66.2 Å². The van der Waals surface area contributed by atoms with Gasteiger partial charge in [-0.1, -0.05) is 227 Å². The van der Waals surface area contributed by atoms with Gasteiger partial charge in [0.1, 0.15) is 0 Å². The summed E-state index contributed by atoms with van der Waals surface area (Å²) in [5.74, 6) is 1.50. The fourth-order valence-corrected chi connectivity index (χ4v) is 16.6. The second-order valence-electron chi connectivity index (χ2n) is 26.5. The van der Waals surface area contributed by atoms with E-state index in [4.69, 9.17) is 0 Å². The van der Waals surface area contributed by atoms with Gasteiger partial charge in [-0.2, -0.15) is 0 Å². The number of hydrogen-bond donors (Lipinski definition) is 0. The highest BCUT2D eigenvalue weighted by Crippen LogP contribution is 2.51. The minimum atomic E-state index is 0.498. The van der Waals surface area contributed by atoms with Crippen molar-refractivity contribution in [2.24, 2.45) is 17.8 Å². The van der Waals surface area contributed by atoms with E-state index in [1.165, 1.54) is 206 Å². The second kappa shape index (κ2) is 23.1. The molecule has 0 aliphatic carbocycles. The zero-order valence-corrected chi connectivity index (χ0v) is 53.6. The van der Waals surface area contributed by atoms with Crippen LogP contribution in [0.1, 0.15) is 119 Å². The van der Waals surface area contributed by atoms with Crippen LogP contribution < -0.4 is 0 Å². The maximum Gasteiger partial charge on any atom is 0.0614 e. The quantitative estimate of drug-likeness (QED) is 0.0686. The summed E-state index contributed by atoms with van der Waals surface area (Å²) < 4.78 is 16.3. The second-order valence-corrected chi connectivity index (χ2v) is 26.5. The fraction of sp³-hybridized carbons (Fsp3) is 0.286. The normalized spacial score (nSPS) is 13.5. The molecule has 16 aromatic rings. The molecule has 16 rings (SSSR count). The highest BCUT2D eigenvalue weighted by molar-refractivity contribution is 6.40. The Morgan fingerprint density at radius 2 is 0.489 bits per heavy atom. The third-order valence-corrected chi connectivity index (χ3v) is 21.3. The average Bonchev–Trinajstić information content (AvgIpc) is 1.51. The molecule has 6 heterocycles. The van der Waals surface area contributed by atoms with Crippen molar-refractivity contribution in [3.05, 3.63) is 200 Å². The molecule has 6 heteroatoms. The molecule has 0 radical (unpaired) electrons. The molecule has 3 unspecified atom stereocenters. The molecule has 0 aliphatic rings. The van der Waals surface area contributed by atoms with E-state index in [1.807, 2.05) is 0 Å². The molecule has 3 atom stereocenters. The van der Waals surface area contributed by atoms with Gasteiger partial charge in [0, 0.05) is 101 Å². The van der Waals surface area contributed by atoms with Gasteiger partial charge in [0.15, 0.2) is 0 Å². The SMILES string of the molecule is CCCCC(CC)Cn1c2cc(-n3c4ccccc4c4ccccc43)ccc2c2c1c1c3ccc(-n4c5ccccc5c5ccccc54)cc3n(CC(CC)CCCC)c1c1c3ccc(-n4c5ccccc5c5ccccc54)cc3n(CC(CC)CCCC)c21. The van der Waals surface area contributed by atoms with E-state index in [2.05, 4.69) is 269 Å². The van der Waals surface area contributed by atoms with Crippen molar-refractivity contribution in [3.63, 3.8) is 0 Å². The lowest BCUT2D eigenvalue weighted by Gasteiger charge is -2.20. The Hall–Kier alpha value is -9.00. The molecule has 90 heavy (non-hydrogen) atoms. The van der Waals surface area contributed by atoms with Crippen molar-refractivity contribution in [2.75, 3.05) is 0 Å². The molecule has 6 aromatic heterocycles. The summed E-state index contributed by atoms with van der Waals surface area (Å²) in [7, 11) is 0. The number of rotatable bonds is 21. The smallest absolute Gasteiger partial charge is 0.0614 e. The Kier molecular flexibility index (Phi) is 14.4. The first-order valence-electron chi connectivity index (χ1n) is 34.4. The van der Waals surface area contributed by atoms with Crippen molar-refractivity contribution in [1.29, 1.82) is 0 Å². The topological polar surface area (TPSA) is 29.6 Å². The first-order chi connectivity index (χ1) is 44.4. The molecule has 10 aromatic carbocycles. The Morgan fingerprint density at radius 1 is 0.256 bits per heavy atom. The van der Waals surface area contributed by atoms with Crippen LogP contribution in [-0.4, -0.2) is 27.4 Å². The van der Waals surface area contributed by atoms with Gasteiger partial charge in [-0.05, 0) is 110 Å². The predicted molar refractivity (Wildman–Crippen MR) is 388 cm³/mol. The van der Waals surface area contributed by atoms with Crippen LogP contribution >= 0.6 is 0 Å². The van der Waals surface area contributed by atoms with Crippen LogP contribution in [0.5, 0.6) is 0 Å². The Balaban J connectivity index is 1.12. The minimum Gasteiger partial charge on any atom is -0.339 e. The van der Waals surface area contributed by atoms with Gasteiger partial charge >= 0.3 is 0 Å². The monoisotopic (exact) mass is 1180 g/mol. The summed E-state index contributed by atoms with van der Waals surface area (Å²) in [5, 5.41) is 16.0. The largest absolute Gasteiger partial charge is 0.339 e. The van der Waals surface area contributed by atoms with Crippen LogP contribution in [-0.2, 0) is 19.6 Å². The van der Waals surface area contributed by atoms with Gasteiger partial charge in [0.2, 0.25) is 0 Å². The van der Waals surface area contributed by atoms with E-state index in [0.29, 0.717) is 17.8 Å². The number of benzene rings is 10. The Bertz CT molecular complexity index is 4690. The molecule has 6 nitrogen and oxygen atoms in total. The number of fused-ring (bicyclic) bond motifs is 21. The maximum atomic E-state index is 2.88. The van der Waals surface area contributed by atoms with E-state index in [1.54, 1.807) is 0 Å². The highest BCUT2D eigenvalue weighted by atomic mass is 15.1. The summed E-state index contributed by atoms with van der Waals surface area (Å²) in [6.07, 6.45) is 14.2. The first-order valence-corrected chi connectivity index (χ1v) is 34.4. The van der Waals surface area contributed by atoms with E-state index in [-0.39, 0.29) is 0 Å². The number of aromatic nitrogens is 6. The molecule has 0 spiro atoms.